The Morgan fingerprint density at radius 3 is 2.19 bits per heavy atom. The van der Waals surface area contributed by atoms with Crippen LogP contribution >= 0.6 is 0 Å². The van der Waals surface area contributed by atoms with Crippen molar-refractivity contribution in [3.05, 3.63) is 0 Å². The first kappa shape index (κ1) is 17.6. The van der Waals surface area contributed by atoms with E-state index in [1.54, 1.807) is 6.92 Å². The van der Waals surface area contributed by atoms with Gasteiger partial charge in [0.25, 0.3) is 0 Å². The number of Topliss-reactive ketones (excluding diaryl/α,β-unsaturated/α-hetero) is 1. The molecule has 0 aromatic carbocycles. The maximum Gasteiger partial charge on any atom is 0.513 e. The van der Waals surface area contributed by atoms with Gasteiger partial charge in [-0.2, -0.15) is 4.79 Å². The summed E-state index contributed by atoms with van der Waals surface area (Å²) in [6, 6.07) is 0. The van der Waals surface area contributed by atoms with E-state index in [0.717, 1.165) is 0 Å². The molecule has 0 radical (unpaired) electrons. The third-order valence-corrected chi connectivity index (χ3v) is 5.06. The topological polar surface area (TPSA) is 91.7 Å². The average Bonchev–Trinajstić information content (AvgIpc) is 2.33. The third kappa shape index (κ3) is 2.81. The predicted octanol–water partition coefficient (Wildman–Crippen LogP) is 2.51. The second kappa shape index (κ2) is 5.75. The van der Waals surface area contributed by atoms with E-state index in [1.165, 1.54) is 0 Å². The van der Waals surface area contributed by atoms with Crippen LogP contribution in [0.25, 0.3) is 0 Å². The normalized spacial score (nSPS) is 31.3. The monoisotopic (exact) mass is 300 g/mol. The van der Waals surface area contributed by atoms with Crippen molar-refractivity contribution in [2.45, 2.75) is 58.9 Å². The SMILES string of the molecule is CCC1(C(=O)O)CCC[N+](C(=O)O)(C(C)(C)C)CCC1=O. The lowest BCUT2D eigenvalue weighted by atomic mass is 9.74. The molecule has 21 heavy (non-hydrogen) atoms. The Kier molecular flexibility index (Phi) is 4.83. The Labute approximate surface area is 125 Å². The zero-order valence-corrected chi connectivity index (χ0v) is 13.3. The largest absolute Gasteiger partial charge is 0.513 e. The molecule has 2 N–H and O–H groups in total. The van der Waals surface area contributed by atoms with E-state index >= 15 is 0 Å². The molecule has 1 heterocycles. The Bertz CT molecular complexity index is 453. The fourth-order valence-corrected chi connectivity index (χ4v) is 3.33. The number of amides is 1. The van der Waals surface area contributed by atoms with Crippen LogP contribution in [0.4, 0.5) is 4.79 Å². The average molecular weight is 300 g/mol. The number of likely N-dealkylation sites (tertiary alicyclic amines) is 1. The van der Waals surface area contributed by atoms with Gasteiger partial charge in [0.15, 0.2) is 5.78 Å². The molecule has 120 valence electrons. The zero-order valence-electron chi connectivity index (χ0n) is 13.3. The van der Waals surface area contributed by atoms with Crippen molar-refractivity contribution in [1.29, 1.82) is 0 Å². The first-order valence-corrected chi connectivity index (χ1v) is 7.41. The molecule has 1 aliphatic rings. The summed E-state index contributed by atoms with van der Waals surface area (Å²) in [4.78, 5) is 35.8. The van der Waals surface area contributed by atoms with Gasteiger partial charge in [-0.15, -0.1) is 0 Å². The molecule has 1 amide bonds. The summed E-state index contributed by atoms with van der Waals surface area (Å²) in [6.07, 6.45) is -0.0844. The van der Waals surface area contributed by atoms with E-state index in [1.807, 2.05) is 20.8 Å². The molecule has 6 nitrogen and oxygen atoms in total. The standard InChI is InChI=1S/C15H25NO5/c1-5-15(12(18)19)8-6-9-16(13(20)21,14(2,3)4)10-7-11(15)17/h5-10H2,1-4H3,(H-,18,19,20,21)/p+1. The van der Waals surface area contributed by atoms with E-state index in [9.17, 15) is 24.6 Å². The Hall–Kier alpha value is -1.43. The third-order valence-electron chi connectivity index (χ3n) is 5.06. The lowest BCUT2D eigenvalue weighted by molar-refractivity contribution is -0.903. The zero-order chi connectivity index (χ0) is 16.5. The molecular formula is C15H26NO5+. The molecule has 0 aromatic rings. The van der Waals surface area contributed by atoms with Gasteiger partial charge in [0.1, 0.15) is 11.0 Å². The van der Waals surface area contributed by atoms with Crippen molar-refractivity contribution in [2.24, 2.45) is 5.41 Å². The first-order valence-electron chi connectivity index (χ1n) is 7.41. The molecule has 0 aliphatic carbocycles. The van der Waals surface area contributed by atoms with E-state index in [-0.39, 0.29) is 36.1 Å². The molecule has 2 atom stereocenters. The van der Waals surface area contributed by atoms with Gasteiger partial charge in [0.05, 0.1) is 19.5 Å². The Morgan fingerprint density at radius 1 is 1.24 bits per heavy atom. The number of hydrogen-bond acceptors (Lipinski definition) is 3. The van der Waals surface area contributed by atoms with Crippen molar-refractivity contribution in [2.75, 3.05) is 13.1 Å². The number of carbonyl (C=O) groups excluding carboxylic acids is 1. The van der Waals surface area contributed by atoms with Crippen molar-refractivity contribution in [3.63, 3.8) is 0 Å². The smallest absolute Gasteiger partial charge is 0.480 e. The number of nitrogens with zero attached hydrogens (tertiary/aromatic N) is 1. The number of carboxylic acid groups (broad SMARTS) is 2. The highest BCUT2D eigenvalue weighted by atomic mass is 16.4. The highest BCUT2D eigenvalue weighted by Gasteiger charge is 2.52. The van der Waals surface area contributed by atoms with Crippen molar-refractivity contribution in [3.8, 4) is 0 Å². The fourth-order valence-electron chi connectivity index (χ4n) is 3.33. The number of aliphatic carboxylic acids is 1. The fraction of sp³-hybridized carbons (Fsp3) is 0.800. The number of ketones is 1. The Morgan fingerprint density at radius 2 is 1.81 bits per heavy atom. The van der Waals surface area contributed by atoms with E-state index in [0.29, 0.717) is 13.0 Å². The van der Waals surface area contributed by atoms with Gasteiger partial charge in [-0.05, 0) is 40.0 Å². The summed E-state index contributed by atoms with van der Waals surface area (Å²) in [5.74, 6) is -1.42. The molecule has 2 unspecified atom stereocenters. The van der Waals surface area contributed by atoms with Gasteiger partial charge < -0.3 is 10.2 Å². The van der Waals surface area contributed by atoms with Crippen LogP contribution in [0.2, 0.25) is 0 Å². The Balaban J connectivity index is 3.15. The minimum absolute atomic E-state index is 0.0102. The summed E-state index contributed by atoms with van der Waals surface area (Å²) in [5, 5.41) is 19.1. The van der Waals surface area contributed by atoms with Crippen molar-refractivity contribution >= 4 is 17.8 Å². The van der Waals surface area contributed by atoms with Crippen LogP contribution in [-0.2, 0) is 9.59 Å². The van der Waals surface area contributed by atoms with Gasteiger partial charge in [-0.1, -0.05) is 6.92 Å². The molecule has 6 heteroatoms. The number of carbonyl (C=O) groups is 3. The summed E-state index contributed by atoms with van der Waals surface area (Å²) in [7, 11) is 0. The van der Waals surface area contributed by atoms with Gasteiger partial charge in [-0.3, -0.25) is 9.59 Å². The van der Waals surface area contributed by atoms with Crippen LogP contribution in [0.5, 0.6) is 0 Å². The molecule has 1 saturated heterocycles. The van der Waals surface area contributed by atoms with Crippen molar-refractivity contribution in [1.82, 2.24) is 0 Å². The number of carboxylic acids is 1. The highest BCUT2D eigenvalue weighted by Crippen LogP contribution is 2.37. The van der Waals surface area contributed by atoms with Gasteiger partial charge >= 0.3 is 12.1 Å². The molecule has 1 aliphatic heterocycles. The van der Waals surface area contributed by atoms with Gasteiger partial charge in [-0.25, -0.2) is 4.48 Å². The van der Waals surface area contributed by atoms with E-state index in [2.05, 4.69) is 0 Å². The number of quaternary nitrogens is 1. The molecular weight excluding hydrogens is 274 g/mol. The van der Waals surface area contributed by atoms with Crippen LogP contribution in [0.15, 0.2) is 0 Å². The second-order valence-corrected chi connectivity index (χ2v) is 6.89. The van der Waals surface area contributed by atoms with Crippen LogP contribution in [0.3, 0.4) is 0 Å². The van der Waals surface area contributed by atoms with E-state index in [4.69, 9.17) is 0 Å². The van der Waals surface area contributed by atoms with Crippen molar-refractivity contribution < 1.29 is 29.1 Å². The lowest BCUT2D eigenvalue weighted by Crippen LogP contribution is -2.65. The van der Waals surface area contributed by atoms with Gasteiger partial charge in [0, 0.05) is 0 Å². The molecule has 0 saturated carbocycles. The van der Waals surface area contributed by atoms with Crippen LogP contribution < -0.4 is 0 Å². The number of hydrogen-bond donors (Lipinski definition) is 2. The maximum atomic E-state index is 12.4. The molecule has 0 spiro atoms. The highest BCUT2D eigenvalue weighted by molar-refractivity contribution is 6.03. The minimum atomic E-state index is -1.34. The minimum Gasteiger partial charge on any atom is -0.480 e. The van der Waals surface area contributed by atoms with Crippen LogP contribution in [-0.4, -0.2) is 51.2 Å². The molecule has 1 fully saturated rings. The van der Waals surface area contributed by atoms with Crippen LogP contribution in [0, 0.1) is 5.41 Å². The predicted molar refractivity (Wildman–Crippen MR) is 77.0 cm³/mol. The van der Waals surface area contributed by atoms with E-state index < -0.39 is 23.0 Å². The maximum absolute atomic E-state index is 12.4. The van der Waals surface area contributed by atoms with Gasteiger partial charge in [0.2, 0.25) is 0 Å². The molecule has 0 aromatic heterocycles. The quantitative estimate of drug-likeness (QED) is 0.604. The lowest BCUT2D eigenvalue weighted by Gasteiger charge is -2.45. The summed E-state index contributed by atoms with van der Waals surface area (Å²) in [5.41, 5.74) is -1.88. The summed E-state index contributed by atoms with van der Waals surface area (Å²) >= 11 is 0. The number of rotatable bonds is 2. The van der Waals surface area contributed by atoms with Crippen LogP contribution in [0.1, 0.15) is 53.4 Å². The first-order chi connectivity index (χ1) is 9.53. The second-order valence-electron chi connectivity index (χ2n) is 6.89. The molecule has 1 rings (SSSR count). The molecule has 0 bridgehead atoms. The summed E-state index contributed by atoms with van der Waals surface area (Å²) < 4.78 is -0.196. The summed E-state index contributed by atoms with van der Waals surface area (Å²) in [6.45, 7) is 7.73.